The molecule has 1 fully saturated rings. The Kier molecular flexibility index (Phi) is 6.32. The Morgan fingerprint density at radius 2 is 2.08 bits per heavy atom. The summed E-state index contributed by atoms with van der Waals surface area (Å²) in [5.41, 5.74) is 3.44. The minimum absolute atomic E-state index is 0.0696. The van der Waals surface area contributed by atoms with Gasteiger partial charge in [-0.05, 0) is 44.9 Å². The van der Waals surface area contributed by atoms with E-state index in [0.717, 1.165) is 43.3 Å². The number of carbonyl (C=O) groups is 1. The van der Waals surface area contributed by atoms with Crippen molar-refractivity contribution in [3.8, 4) is 5.69 Å². The molecule has 0 unspecified atom stereocenters. The van der Waals surface area contributed by atoms with Gasteiger partial charge in [-0.2, -0.15) is 0 Å². The second-order valence-electron chi connectivity index (χ2n) is 6.84. The van der Waals surface area contributed by atoms with E-state index >= 15 is 0 Å². The molecule has 7 heteroatoms. The molecule has 1 aliphatic heterocycles. The van der Waals surface area contributed by atoms with Crippen molar-refractivity contribution in [3.63, 3.8) is 0 Å². The number of rotatable bonds is 6. The molecule has 0 aliphatic carbocycles. The normalized spacial score (nSPS) is 16.0. The number of thioether (sulfide) groups is 1. The smallest absolute Gasteiger partial charge is 0.230 e. The Hall–Kier alpha value is -1.86. The third kappa shape index (κ3) is 4.65. The van der Waals surface area contributed by atoms with Gasteiger partial charge in [0.2, 0.25) is 5.91 Å². The van der Waals surface area contributed by atoms with Gasteiger partial charge in [0.15, 0.2) is 5.16 Å². The lowest BCUT2D eigenvalue weighted by molar-refractivity contribution is -0.119. The van der Waals surface area contributed by atoms with E-state index in [1.165, 1.54) is 22.9 Å². The highest BCUT2D eigenvalue weighted by molar-refractivity contribution is 7.99. The van der Waals surface area contributed by atoms with Gasteiger partial charge in [0.1, 0.15) is 6.33 Å². The first-order valence-corrected chi connectivity index (χ1v) is 10.2. The van der Waals surface area contributed by atoms with Crippen molar-refractivity contribution < 1.29 is 4.79 Å². The van der Waals surface area contributed by atoms with Crippen LogP contribution in [-0.4, -0.2) is 57.0 Å². The number of hydrogen-bond donors (Lipinski definition) is 1. The second kappa shape index (κ2) is 8.68. The Bertz CT molecular complexity index is 752. The summed E-state index contributed by atoms with van der Waals surface area (Å²) in [6.07, 6.45) is 3.77. The van der Waals surface area contributed by atoms with E-state index in [9.17, 15) is 4.79 Å². The first-order valence-electron chi connectivity index (χ1n) is 9.19. The lowest BCUT2D eigenvalue weighted by atomic mass is 10.1. The highest BCUT2D eigenvalue weighted by atomic mass is 32.2. The van der Waals surface area contributed by atoms with Crippen molar-refractivity contribution in [1.29, 1.82) is 0 Å². The number of nitrogens with one attached hydrogen (secondary N) is 1. The maximum Gasteiger partial charge on any atom is 0.230 e. The highest BCUT2D eigenvalue weighted by Crippen LogP contribution is 2.22. The van der Waals surface area contributed by atoms with E-state index in [1.54, 1.807) is 6.33 Å². The molecule has 2 aromatic rings. The van der Waals surface area contributed by atoms with Crippen molar-refractivity contribution in [2.24, 2.45) is 0 Å². The second-order valence-corrected chi connectivity index (χ2v) is 7.78. The number of hydrogen-bond acceptors (Lipinski definition) is 5. The number of aromatic nitrogens is 3. The average Bonchev–Trinajstić information content (AvgIpc) is 3.09. The summed E-state index contributed by atoms with van der Waals surface area (Å²) in [6, 6.07) is 6.58. The third-order valence-corrected chi connectivity index (χ3v) is 5.80. The first kappa shape index (κ1) is 18.9. The molecule has 140 valence electrons. The summed E-state index contributed by atoms with van der Waals surface area (Å²) in [7, 11) is 0. The minimum atomic E-state index is 0.0696. The summed E-state index contributed by atoms with van der Waals surface area (Å²) in [5.74, 6) is 0.428. The fourth-order valence-corrected chi connectivity index (χ4v) is 4.09. The molecule has 3 rings (SSSR count). The fourth-order valence-electron chi connectivity index (χ4n) is 3.36. The van der Waals surface area contributed by atoms with E-state index in [-0.39, 0.29) is 5.91 Å². The molecule has 0 atom stereocenters. The number of piperidine rings is 1. The van der Waals surface area contributed by atoms with E-state index in [1.807, 2.05) is 4.57 Å². The van der Waals surface area contributed by atoms with Crippen molar-refractivity contribution in [3.05, 3.63) is 35.7 Å². The predicted octanol–water partition coefficient (Wildman–Crippen LogP) is 2.58. The van der Waals surface area contributed by atoms with Crippen LogP contribution in [0.15, 0.2) is 29.7 Å². The monoisotopic (exact) mass is 373 g/mol. The van der Waals surface area contributed by atoms with Crippen LogP contribution in [0.25, 0.3) is 5.69 Å². The van der Waals surface area contributed by atoms with Gasteiger partial charge in [0, 0.05) is 19.1 Å². The molecule has 1 aromatic heterocycles. The summed E-state index contributed by atoms with van der Waals surface area (Å²) < 4.78 is 1.95. The van der Waals surface area contributed by atoms with E-state index in [2.05, 4.69) is 59.4 Å². The largest absolute Gasteiger partial charge is 0.353 e. The van der Waals surface area contributed by atoms with Crippen molar-refractivity contribution >= 4 is 17.7 Å². The number of benzene rings is 1. The summed E-state index contributed by atoms with van der Waals surface area (Å²) in [4.78, 5) is 14.7. The SMILES string of the molecule is CCN1CCC(NC(=O)CSc2nncn2-c2ccc(C)cc2C)CC1. The van der Waals surface area contributed by atoms with Crippen LogP contribution in [0.5, 0.6) is 0 Å². The Labute approximate surface area is 159 Å². The maximum absolute atomic E-state index is 12.3. The van der Waals surface area contributed by atoms with Gasteiger partial charge in [-0.3, -0.25) is 9.36 Å². The standard InChI is InChI=1S/C19H27N5OS/c1-4-23-9-7-16(8-10-23)21-18(25)12-26-19-22-20-13-24(19)17-6-5-14(2)11-15(17)3/h5-6,11,13,16H,4,7-10,12H2,1-3H3,(H,21,25). The van der Waals surface area contributed by atoms with Crippen LogP contribution in [0.2, 0.25) is 0 Å². The average molecular weight is 374 g/mol. The van der Waals surface area contributed by atoms with Crippen LogP contribution >= 0.6 is 11.8 Å². The quantitative estimate of drug-likeness (QED) is 0.789. The van der Waals surface area contributed by atoms with Gasteiger partial charge in [0.25, 0.3) is 0 Å². The van der Waals surface area contributed by atoms with Gasteiger partial charge in [-0.25, -0.2) is 0 Å². The number of likely N-dealkylation sites (tertiary alicyclic amines) is 1. The molecule has 1 aliphatic rings. The number of aryl methyl sites for hydroxylation is 2. The number of carbonyl (C=O) groups excluding carboxylic acids is 1. The minimum Gasteiger partial charge on any atom is -0.353 e. The molecule has 1 N–H and O–H groups in total. The number of nitrogens with zero attached hydrogens (tertiary/aromatic N) is 4. The van der Waals surface area contributed by atoms with Crippen LogP contribution in [0.4, 0.5) is 0 Å². The number of amides is 1. The zero-order chi connectivity index (χ0) is 18.5. The lowest BCUT2D eigenvalue weighted by Gasteiger charge is -2.31. The van der Waals surface area contributed by atoms with Crippen molar-refractivity contribution in [2.75, 3.05) is 25.4 Å². The lowest BCUT2D eigenvalue weighted by Crippen LogP contribution is -2.45. The predicted molar refractivity (Wildman–Crippen MR) is 105 cm³/mol. The first-order chi connectivity index (χ1) is 12.6. The molecule has 1 aromatic carbocycles. The van der Waals surface area contributed by atoms with Crippen LogP contribution in [0.3, 0.4) is 0 Å². The Morgan fingerprint density at radius 1 is 1.31 bits per heavy atom. The van der Waals surface area contributed by atoms with Crippen molar-refractivity contribution in [2.45, 2.75) is 44.8 Å². The van der Waals surface area contributed by atoms with Gasteiger partial charge in [-0.1, -0.05) is 36.4 Å². The summed E-state index contributed by atoms with van der Waals surface area (Å²) >= 11 is 1.43. The molecule has 1 amide bonds. The fraction of sp³-hybridized carbons (Fsp3) is 0.526. The molecule has 0 saturated carbocycles. The Morgan fingerprint density at radius 3 is 2.77 bits per heavy atom. The maximum atomic E-state index is 12.3. The van der Waals surface area contributed by atoms with Gasteiger partial charge in [0.05, 0.1) is 11.4 Å². The summed E-state index contributed by atoms with van der Waals surface area (Å²) in [6.45, 7) is 9.55. The van der Waals surface area contributed by atoms with E-state index in [0.29, 0.717) is 11.8 Å². The molecule has 2 heterocycles. The molecule has 0 radical (unpaired) electrons. The molecule has 1 saturated heterocycles. The van der Waals surface area contributed by atoms with Crippen LogP contribution in [0.1, 0.15) is 30.9 Å². The van der Waals surface area contributed by atoms with Gasteiger partial charge >= 0.3 is 0 Å². The molecule has 0 bridgehead atoms. The van der Waals surface area contributed by atoms with E-state index in [4.69, 9.17) is 0 Å². The molecular formula is C19H27N5OS. The zero-order valence-corrected chi connectivity index (χ0v) is 16.6. The van der Waals surface area contributed by atoms with Crippen LogP contribution < -0.4 is 5.32 Å². The van der Waals surface area contributed by atoms with Gasteiger partial charge in [-0.15, -0.1) is 10.2 Å². The van der Waals surface area contributed by atoms with Crippen molar-refractivity contribution in [1.82, 2.24) is 25.0 Å². The van der Waals surface area contributed by atoms with E-state index < -0.39 is 0 Å². The third-order valence-electron chi connectivity index (χ3n) is 4.86. The Balaban J connectivity index is 1.56. The molecule has 0 spiro atoms. The molecule has 6 nitrogen and oxygen atoms in total. The zero-order valence-electron chi connectivity index (χ0n) is 15.7. The molecular weight excluding hydrogens is 346 g/mol. The highest BCUT2D eigenvalue weighted by Gasteiger charge is 2.20. The van der Waals surface area contributed by atoms with Gasteiger partial charge < -0.3 is 10.2 Å². The summed E-state index contributed by atoms with van der Waals surface area (Å²) in [5, 5.41) is 12.1. The molecule has 26 heavy (non-hydrogen) atoms. The van der Waals surface area contributed by atoms with Crippen LogP contribution in [-0.2, 0) is 4.79 Å². The van der Waals surface area contributed by atoms with Crippen LogP contribution in [0, 0.1) is 13.8 Å². The topological polar surface area (TPSA) is 63.1 Å².